The minimum absolute atomic E-state index is 0.185. The maximum absolute atomic E-state index is 13.9. The number of anilines is 1. The molecule has 8 nitrogen and oxygen atoms in total. The van der Waals surface area contributed by atoms with Gasteiger partial charge in [0, 0.05) is 29.9 Å². The molecule has 2 aromatic carbocycles. The third kappa shape index (κ3) is 4.63. The van der Waals surface area contributed by atoms with E-state index in [4.69, 9.17) is 32.5 Å². The topological polar surface area (TPSA) is 112 Å². The summed E-state index contributed by atoms with van der Waals surface area (Å²) >= 11 is 6.26. The highest BCUT2D eigenvalue weighted by Gasteiger charge is 2.23. The first kappa shape index (κ1) is 24.5. The highest BCUT2D eigenvalue weighted by Crippen LogP contribution is 2.40. The molecule has 0 saturated heterocycles. The SMILES string of the molecule is Cc1cc2c(cc1-c1cc3c(NC4CCC(N)CC4)c(C(N)=Nc4cc(F)ccc4Cl)cnn3c1)OCO2. The Balaban J connectivity index is 1.46. The van der Waals surface area contributed by atoms with Gasteiger partial charge in [0.1, 0.15) is 11.7 Å². The number of nitrogens with zero attached hydrogens (tertiary/aromatic N) is 3. The number of hydrogen-bond donors (Lipinski definition) is 3. The summed E-state index contributed by atoms with van der Waals surface area (Å²) in [7, 11) is 0. The lowest BCUT2D eigenvalue weighted by Gasteiger charge is -2.28. The predicted octanol–water partition coefficient (Wildman–Crippen LogP) is 5.55. The molecule has 0 spiro atoms. The normalized spacial score (nSPS) is 19.2. The number of aliphatic imine (C=N–C) groups is 1. The van der Waals surface area contributed by atoms with Crippen LogP contribution in [0, 0.1) is 12.7 Å². The van der Waals surface area contributed by atoms with Crippen LogP contribution in [0.2, 0.25) is 5.02 Å². The first-order valence-electron chi connectivity index (χ1n) is 12.6. The Morgan fingerprint density at radius 1 is 1.13 bits per heavy atom. The summed E-state index contributed by atoms with van der Waals surface area (Å²) in [5.41, 5.74) is 18.2. The monoisotopic (exact) mass is 534 g/mol. The van der Waals surface area contributed by atoms with Crippen LogP contribution in [0.1, 0.15) is 36.8 Å². The Morgan fingerprint density at radius 3 is 2.68 bits per heavy atom. The molecule has 196 valence electrons. The van der Waals surface area contributed by atoms with Gasteiger partial charge in [-0.3, -0.25) is 0 Å². The second kappa shape index (κ2) is 9.81. The number of hydrogen-bond acceptors (Lipinski definition) is 6. The van der Waals surface area contributed by atoms with Crippen molar-refractivity contribution in [3.63, 3.8) is 0 Å². The Morgan fingerprint density at radius 2 is 1.89 bits per heavy atom. The molecule has 1 saturated carbocycles. The molecular weight excluding hydrogens is 507 g/mol. The van der Waals surface area contributed by atoms with E-state index in [2.05, 4.69) is 21.5 Å². The number of benzene rings is 2. The Kier molecular flexibility index (Phi) is 6.33. The molecule has 0 radical (unpaired) electrons. The molecule has 2 aromatic heterocycles. The van der Waals surface area contributed by atoms with Crippen molar-refractivity contribution in [1.29, 1.82) is 0 Å². The van der Waals surface area contributed by atoms with Crippen molar-refractivity contribution in [2.75, 3.05) is 12.1 Å². The Hall–Kier alpha value is -3.82. The van der Waals surface area contributed by atoms with Crippen molar-refractivity contribution in [1.82, 2.24) is 9.61 Å². The maximum Gasteiger partial charge on any atom is 0.231 e. The Bertz CT molecular complexity index is 1560. The summed E-state index contributed by atoms with van der Waals surface area (Å²) in [6.45, 7) is 2.25. The van der Waals surface area contributed by atoms with Gasteiger partial charge < -0.3 is 26.3 Å². The van der Waals surface area contributed by atoms with Crippen LogP contribution in [0.5, 0.6) is 11.5 Å². The highest BCUT2D eigenvalue weighted by molar-refractivity contribution is 6.33. The van der Waals surface area contributed by atoms with Crippen LogP contribution < -0.4 is 26.3 Å². The van der Waals surface area contributed by atoms with Crippen LogP contribution in [0.4, 0.5) is 15.8 Å². The number of aromatic nitrogens is 2. The summed E-state index contributed by atoms with van der Waals surface area (Å²) in [6, 6.07) is 10.5. The fourth-order valence-electron chi connectivity index (χ4n) is 5.13. The minimum atomic E-state index is -0.443. The molecule has 0 amide bonds. The smallest absolute Gasteiger partial charge is 0.231 e. The van der Waals surface area contributed by atoms with Crippen molar-refractivity contribution in [3.05, 3.63) is 70.8 Å². The molecule has 1 fully saturated rings. The largest absolute Gasteiger partial charge is 0.454 e. The third-order valence-electron chi connectivity index (χ3n) is 7.21. The average molecular weight is 535 g/mol. The summed E-state index contributed by atoms with van der Waals surface area (Å²) < 4.78 is 26.8. The molecule has 0 bridgehead atoms. The molecule has 4 aromatic rings. The molecule has 6 rings (SSSR count). The van der Waals surface area contributed by atoms with E-state index < -0.39 is 5.82 Å². The number of halogens is 2. The Labute approximate surface area is 224 Å². The van der Waals surface area contributed by atoms with E-state index >= 15 is 0 Å². The van der Waals surface area contributed by atoms with Crippen LogP contribution >= 0.6 is 11.6 Å². The number of nitrogens with one attached hydrogen (secondary N) is 1. The van der Waals surface area contributed by atoms with Crippen LogP contribution in [-0.4, -0.2) is 34.3 Å². The zero-order valence-corrected chi connectivity index (χ0v) is 21.6. The van der Waals surface area contributed by atoms with Crippen molar-refractivity contribution >= 4 is 34.3 Å². The second-order valence-electron chi connectivity index (χ2n) is 9.86. The summed E-state index contributed by atoms with van der Waals surface area (Å²) in [5, 5.41) is 8.64. The zero-order chi connectivity index (χ0) is 26.4. The van der Waals surface area contributed by atoms with Gasteiger partial charge in [0.2, 0.25) is 6.79 Å². The predicted molar refractivity (Wildman–Crippen MR) is 147 cm³/mol. The number of fused-ring (bicyclic) bond motifs is 2. The van der Waals surface area contributed by atoms with E-state index in [-0.39, 0.29) is 30.4 Å². The van der Waals surface area contributed by atoms with Gasteiger partial charge in [-0.2, -0.15) is 5.10 Å². The lowest BCUT2D eigenvalue weighted by Crippen LogP contribution is -2.33. The fraction of sp³-hybridized carbons (Fsp3) is 0.286. The first-order valence-corrected chi connectivity index (χ1v) is 13.0. The molecule has 38 heavy (non-hydrogen) atoms. The van der Waals surface area contributed by atoms with Crippen LogP contribution in [-0.2, 0) is 0 Å². The third-order valence-corrected chi connectivity index (χ3v) is 7.53. The van der Waals surface area contributed by atoms with Gasteiger partial charge >= 0.3 is 0 Å². The molecule has 3 heterocycles. The molecule has 0 unspecified atom stereocenters. The van der Waals surface area contributed by atoms with E-state index in [1.165, 1.54) is 18.2 Å². The van der Waals surface area contributed by atoms with Crippen LogP contribution in [0.25, 0.3) is 16.6 Å². The molecular formula is C28H28ClFN6O2. The van der Waals surface area contributed by atoms with Gasteiger partial charge in [0.25, 0.3) is 0 Å². The summed E-state index contributed by atoms with van der Waals surface area (Å²) in [5.74, 6) is 1.20. The lowest BCUT2D eigenvalue weighted by molar-refractivity contribution is 0.174. The van der Waals surface area contributed by atoms with Gasteiger partial charge in [-0.1, -0.05) is 11.6 Å². The van der Waals surface area contributed by atoms with Crippen molar-refractivity contribution < 1.29 is 13.9 Å². The number of rotatable bonds is 5. The average Bonchev–Trinajstić information content (AvgIpc) is 3.54. The molecule has 0 atom stereocenters. The second-order valence-corrected chi connectivity index (χ2v) is 10.3. The first-order chi connectivity index (χ1) is 18.4. The number of ether oxygens (including phenoxy) is 2. The van der Waals surface area contributed by atoms with Gasteiger partial charge in [-0.25, -0.2) is 13.9 Å². The number of aryl methyl sites for hydroxylation is 1. The van der Waals surface area contributed by atoms with Crippen molar-refractivity contribution in [3.8, 4) is 22.6 Å². The van der Waals surface area contributed by atoms with Crippen molar-refractivity contribution in [2.24, 2.45) is 16.5 Å². The van der Waals surface area contributed by atoms with Gasteiger partial charge in [0.05, 0.1) is 33.7 Å². The van der Waals surface area contributed by atoms with Gasteiger partial charge in [0.15, 0.2) is 11.5 Å². The molecule has 2 aliphatic rings. The fourth-order valence-corrected chi connectivity index (χ4v) is 5.29. The standard InChI is InChI=1S/C28H28ClFN6O2/c1-15-8-25-26(38-14-37-25)11-20(15)16-9-24-27(34-19-5-3-18(31)4-6-19)21(12-33-36(24)13-16)28(32)35-23-10-17(30)2-7-22(23)29/h2,7-13,18-19,34H,3-6,14,31H2,1H3,(H2,32,35). The van der Waals surface area contributed by atoms with E-state index in [1.54, 1.807) is 6.20 Å². The minimum Gasteiger partial charge on any atom is -0.454 e. The lowest BCUT2D eigenvalue weighted by atomic mass is 9.91. The highest BCUT2D eigenvalue weighted by atomic mass is 35.5. The van der Waals surface area contributed by atoms with E-state index in [9.17, 15) is 4.39 Å². The molecule has 1 aliphatic carbocycles. The summed E-state index contributed by atoms with van der Waals surface area (Å²) in [4.78, 5) is 4.46. The molecule has 1 aliphatic heterocycles. The van der Waals surface area contributed by atoms with Crippen LogP contribution in [0.3, 0.4) is 0 Å². The van der Waals surface area contributed by atoms with Gasteiger partial charge in [-0.15, -0.1) is 0 Å². The maximum atomic E-state index is 13.9. The van der Waals surface area contributed by atoms with E-state index in [1.807, 2.05) is 29.8 Å². The number of amidine groups is 1. The quantitative estimate of drug-likeness (QED) is 0.228. The van der Waals surface area contributed by atoms with E-state index in [0.29, 0.717) is 10.6 Å². The van der Waals surface area contributed by atoms with E-state index in [0.717, 1.165) is 65.1 Å². The molecule has 5 N–H and O–H groups in total. The number of nitrogens with two attached hydrogens (primary N) is 2. The molecule has 10 heteroatoms. The van der Waals surface area contributed by atoms with Crippen molar-refractivity contribution in [2.45, 2.75) is 44.7 Å². The van der Waals surface area contributed by atoms with Crippen LogP contribution in [0.15, 0.2) is 53.8 Å². The van der Waals surface area contributed by atoms with Gasteiger partial charge in [-0.05, 0) is 74.1 Å². The zero-order valence-electron chi connectivity index (χ0n) is 20.9. The summed E-state index contributed by atoms with van der Waals surface area (Å²) in [6.07, 6.45) is 7.42.